The molecule has 1 rings (SSSR count). The lowest BCUT2D eigenvalue weighted by atomic mass is 10.3. The largest absolute Gasteiger partial charge is 0.448 e. The van der Waals surface area contributed by atoms with E-state index in [0.717, 1.165) is 17.9 Å². The minimum absolute atomic E-state index is 0.433. The molecule has 2 nitrogen and oxygen atoms in total. The number of hydrogen-bond acceptors (Lipinski definition) is 2. The van der Waals surface area contributed by atoms with E-state index < -0.39 is 0 Å². The standard InChI is InChI=1S/C9H12ClNO/c1-7(2)5-11-6-8-3-4-9(10)12-8/h3-4,11H,1,5-6H2,2H3. The third kappa shape index (κ3) is 3.11. The van der Waals surface area contributed by atoms with Crippen LogP contribution in [0, 0.1) is 0 Å². The highest BCUT2D eigenvalue weighted by atomic mass is 35.5. The molecule has 1 N–H and O–H groups in total. The fourth-order valence-corrected chi connectivity index (χ4v) is 1.01. The van der Waals surface area contributed by atoms with E-state index in [0.29, 0.717) is 11.8 Å². The smallest absolute Gasteiger partial charge is 0.193 e. The summed E-state index contributed by atoms with van der Waals surface area (Å²) in [6.45, 7) is 7.24. The summed E-state index contributed by atoms with van der Waals surface area (Å²) < 4.78 is 5.14. The van der Waals surface area contributed by atoms with Gasteiger partial charge < -0.3 is 9.73 Å². The quantitative estimate of drug-likeness (QED) is 0.730. The van der Waals surface area contributed by atoms with Gasteiger partial charge in [-0.1, -0.05) is 12.2 Å². The summed E-state index contributed by atoms with van der Waals surface area (Å²) in [6.07, 6.45) is 0. The summed E-state index contributed by atoms with van der Waals surface area (Å²) in [4.78, 5) is 0. The summed E-state index contributed by atoms with van der Waals surface area (Å²) in [7, 11) is 0. The first-order valence-corrected chi connectivity index (χ1v) is 4.15. The molecular formula is C9H12ClNO. The van der Waals surface area contributed by atoms with E-state index in [1.54, 1.807) is 6.07 Å². The third-order valence-corrected chi connectivity index (χ3v) is 1.56. The first-order chi connectivity index (χ1) is 5.68. The molecule has 0 bridgehead atoms. The van der Waals surface area contributed by atoms with Gasteiger partial charge in [-0.15, -0.1) is 0 Å². The zero-order chi connectivity index (χ0) is 8.97. The van der Waals surface area contributed by atoms with E-state index in [-0.39, 0.29) is 0 Å². The van der Waals surface area contributed by atoms with Crippen molar-refractivity contribution in [2.24, 2.45) is 0 Å². The second kappa shape index (κ2) is 4.33. The van der Waals surface area contributed by atoms with Gasteiger partial charge in [-0.3, -0.25) is 0 Å². The summed E-state index contributed by atoms with van der Waals surface area (Å²) in [6, 6.07) is 3.59. The maximum absolute atomic E-state index is 5.59. The lowest BCUT2D eigenvalue weighted by Gasteiger charge is -2.00. The number of hydrogen-bond donors (Lipinski definition) is 1. The molecule has 0 saturated carbocycles. The highest BCUT2D eigenvalue weighted by Gasteiger charge is 1.97. The monoisotopic (exact) mass is 185 g/mol. The molecule has 0 radical (unpaired) electrons. The summed E-state index contributed by atoms with van der Waals surface area (Å²) in [5.74, 6) is 0.848. The van der Waals surface area contributed by atoms with Gasteiger partial charge in [0.15, 0.2) is 5.22 Å². The topological polar surface area (TPSA) is 25.2 Å². The lowest BCUT2D eigenvalue weighted by molar-refractivity contribution is 0.491. The Morgan fingerprint density at radius 2 is 2.42 bits per heavy atom. The molecular weight excluding hydrogens is 174 g/mol. The second-order valence-electron chi connectivity index (χ2n) is 2.77. The van der Waals surface area contributed by atoms with Crippen LogP contribution in [0.1, 0.15) is 12.7 Å². The Morgan fingerprint density at radius 1 is 1.67 bits per heavy atom. The van der Waals surface area contributed by atoms with Crippen molar-refractivity contribution in [2.75, 3.05) is 6.54 Å². The van der Waals surface area contributed by atoms with Crippen molar-refractivity contribution in [2.45, 2.75) is 13.5 Å². The lowest BCUT2D eigenvalue weighted by Crippen LogP contribution is -2.14. The summed E-state index contributed by atoms with van der Waals surface area (Å²) >= 11 is 5.59. The Bertz CT molecular complexity index is 267. The first-order valence-electron chi connectivity index (χ1n) is 3.78. The molecule has 12 heavy (non-hydrogen) atoms. The fraction of sp³-hybridized carbons (Fsp3) is 0.333. The second-order valence-corrected chi connectivity index (χ2v) is 3.14. The maximum Gasteiger partial charge on any atom is 0.193 e. The van der Waals surface area contributed by atoms with Gasteiger partial charge in [0.05, 0.1) is 6.54 Å². The molecule has 0 spiro atoms. The Hall–Kier alpha value is -0.730. The van der Waals surface area contributed by atoms with Crippen molar-refractivity contribution >= 4 is 11.6 Å². The van der Waals surface area contributed by atoms with Crippen LogP contribution in [0.2, 0.25) is 5.22 Å². The van der Waals surface area contributed by atoms with Crippen molar-refractivity contribution in [3.63, 3.8) is 0 Å². The number of halogens is 1. The van der Waals surface area contributed by atoms with Crippen LogP contribution in [0.4, 0.5) is 0 Å². The van der Waals surface area contributed by atoms with Gasteiger partial charge in [-0.2, -0.15) is 0 Å². The van der Waals surface area contributed by atoms with Crippen LogP contribution < -0.4 is 5.32 Å². The SMILES string of the molecule is C=C(C)CNCc1ccc(Cl)o1. The average Bonchev–Trinajstić information content (AvgIpc) is 2.35. The molecule has 0 aliphatic heterocycles. The molecule has 1 heterocycles. The Balaban J connectivity index is 2.29. The van der Waals surface area contributed by atoms with Crippen molar-refractivity contribution in [1.82, 2.24) is 5.32 Å². The van der Waals surface area contributed by atoms with Gasteiger partial charge in [0.25, 0.3) is 0 Å². The van der Waals surface area contributed by atoms with Crippen molar-refractivity contribution in [3.8, 4) is 0 Å². The van der Waals surface area contributed by atoms with E-state index in [2.05, 4.69) is 11.9 Å². The molecule has 0 saturated heterocycles. The van der Waals surface area contributed by atoms with Gasteiger partial charge in [0.2, 0.25) is 0 Å². The van der Waals surface area contributed by atoms with E-state index in [9.17, 15) is 0 Å². The zero-order valence-corrected chi connectivity index (χ0v) is 7.82. The molecule has 0 fully saturated rings. The van der Waals surface area contributed by atoms with Crippen LogP contribution in [0.3, 0.4) is 0 Å². The average molecular weight is 186 g/mol. The zero-order valence-electron chi connectivity index (χ0n) is 7.06. The van der Waals surface area contributed by atoms with Gasteiger partial charge in [-0.25, -0.2) is 0 Å². The molecule has 1 aromatic heterocycles. The highest BCUT2D eigenvalue weighted by Crippen LogP contribution is 2.12. The Kier molecular flexibility index (Phi) is 3.38. The van der Waals surface area contributed by atoms with Crippen molar-refractivity contribution < 1.29 is 4.42 Å². The molecule has 0 aliphatic rings. The first kappa shape index (κ1) is 9.36. The summed E-state index contributed by atoms with van der Waals surface area (Å²) in [5.41, 5.74) is 1.10. The van der Waals surface area contributed by atoms with E-state index in [1.807, 2.05) is 13.0 Å². The molecule has 0 atom stereocenters. The van der Waals surface area contributed by atoms with Crippen LogP contribution >= 0.6 is 11.6 Å². The maximum atomic E-state index is 5.59. The predicted molar refractivity (Wildman–Crippen MR) is 50.2 cm³/mol. The van der Waals surface area contributed by atoms with Gasteiger partial charge in [0.1, 0.15) is 5.76 Å². The minimum atomic E-state index is 0.433. The van der Waals surface area contributed by atoms with E-state index in [1.165, 1.54) is 0 Å². The van der Waals surface area contributed by atoms with Crippen LogP contribution in [0.15, 0.2) is 28.7 Å². The van der Waals surface area contributed by atoms with Crippen LogP contribution in [0.5, 0.6) is 0 Å². The highest BCUT2D eigenvalue weighted by molar-refractivity contribution is 6.28. The molecule has 0 amide bonds. The number of rotatable bonds is 4. The Morgan fingerprint density at radius 3 is 2.92 bits per heavy atom. The van der Waals surface area contributed by atoms with Crippen molar-refractivity contribution in [3.05, 3.63) is 35.3 Å². The predicted octanol–water partition coefficient (Wildman–Crippen LogP) is 2.60. The normalized spacial score (nSPS) is 10.2. The Labute approximate surface area is 77.2 Å². The van der Waals surface area contributed by atoms with E-state index in [4.69, 9.17) is 16.0 Å². The van der Waals surface area contributed by atoms with Gasteiger partial charge in [0, 0.05) is 6.54 Å². The summed E-state index contributed by atoms with van der Waals surface area (Å²) in [5, 5.41) is 3.60. The van der Waals surface area contributed by atoms with Crippen LogP contribution in [-0.2, 0) is 6.54 Å². The van der Waals surface area contributed by atoms with Gasteiger partial charge >= 0.3 is 0 Å². The van der Waals surface area contributed by atoms with Gasteiger partial charge in [-0.05, 0) is 30.7 Å². The van der Waals surface area contributed by atoms with Crippen molar-refractivity contribution in [1.29, 1.82) is 0 Å². The third-order valence-electron chi connectivity index (χ3n) is 1.35. The molecule has 66 valence electrons. The molecule has 0 unspecified atom stereocenters. The molecule has 3 heteroatoms. The fourth-order valence-electron chi connectivity index (χ4n) is 0.846. The molecule has 0 aromatic carbocycles. The van der Waals surface area contributed by atoms with Crippen LogP contribution in [0.25, 0.3) is 0 Å². The molecule has 0 aliphatic carbocycles. The van der Waals surface area contributed by atoms with Crippen LogP contribution in [-0.4, -0.2) is 6.54 Å². The molecule has 1 aromatic rings. The number of furan rings is 1. The number of nitrogens with one attached hydrogen (secondary N) is 1. The van der Waals surface area contributed by atoms with E-state index >= 15 is 0 Å². The minimum Gasteiger partial charge on any atom is -0.448 e.